The first kappa shape index (κ1) is 15.4. The molecule has 0 unspecified atom stereocenters. The summed E-state index contributed by atoms with van der Waals surface area (Å²) in [6, 6.07) is 10.9. The van der Waals surface area contributed by atoms with Gasteiger partial charge in [-0.3, -0.25) is 9.78 Å². The summed E-state index contributed by atoms with van der Waals surface area (Å²) in [6.07, 6.45) is 0. The standard InChI is InChI=1S/C18H14ClFN2O/c1-10-8-16(14-6-7-15(19)11(2)17(14)21-10)22-18(23)12-4-3-5-13(20)9-12/h3-9H,1-2H3,(H,21,22,23). The molecule has 0 aliphatic heterocycles. The summed E-state index contributed by atoms with van der Waals surface area (Å²) >= 11 is 6.14. The zero-order valence-electron chi connectivity index (χ0n) is 12.7. The van der Waals surface area contributed by atoms with E-state index in [-0.39, 0.29) is 11.5 Å². The van der Waals surface area contributed by atoms with Crippen molar-refractivity contribution in [3.8, 4) is 0 Å². The van der Waals surface area contributed by atoms with Crippen molar-refractivity contribution in [2.24, 2.45) is 0 Å². The zero-order chi connectivity index (χ0) is 16.6. The largest absolute Gasteiger partial charge is 0.321 e. The van der Waals surface area contributed by atoms with Crippen LogP contribution >= 0.6 is 11.6 Å². The summed E-state index contributed by atoms with van der Waals surface area (Å²) in [6.45, 7) is 3.73. The second-order valence-electron chi connectivity index (χ2n) is 5.34. The van der Waals surface area contributed by atoms with Crippen molar-refractivity contribution in [3.63, 3.8) is 0 Å². The number of amides is 1. The Hall–Kier alpha value is -2.46. The van der Waals surface area contributed by atoms with Gasteiger partial charge in [0.05, 0.1) is 11.2 Å². The van der Waals surface area contributed by atoms with Gasteiger partial charge in [-0.25, -0.2) is 4.39 Å². The van der Waals surface area contributed by atoms with Gasteiger partial charge in [0.1, 0.15) is 5.82 Å². The summed E-state index contributed by atoms with van der Waals surface area (Å²) < 4.78 is 13.3. The number of nitrogens with one attached hydrogen (secondary N) is 1. The molecule has 0 saturated heterocycles. The Morgan fingerprint density at radius 2 is 1.96 bits per heavy atom. The second kappa shape index (κ2) is 5.97. The van der Waals surface area contributed by atoms with Crippen LogP contribution in [0.2, 0.25) is 5.02 Å². The quantitative estimate of drug-likeness (QED) is 0.727. The second-order valence-corrected chi connectivity index (χ2v) is 5.75. The zero-order valence-corrected chi connectivity index (χ0v) is 13.4. The minimum Gasteiger partial charge on any atom is -0.321 e. The average molecular weight is 329 g/mol. The molecular formula is C18H14ClFN2O. The molecule has 2 aromatic carbocycles. The van der Waals surface area contributed by atoms with Crippen LogP contribution in [0, 0.1) is 19.7 Å². The SMILES string of the molecule is Cc1cc(NC(=O)c2cccc(F)c2)c2ccc(Cl)c(C)c2n1. The lowest BCUT2D eigenvalue weighted by Gasteiger charge is -2.12. The number of aromatic nitrogens is 1. The lowest BCUT2D eigenvalue weighted by atomic mass is 10.1. The maximum atomic E-state index is 13.3. The van der Waals surface area contributed by atoms with E-state index in [9.17, 15) is 9.18 Å². The molecule has 1 heterocycles. The van der Waals surface area contributed by atoms with Crippen LogP contribution in [0.1, 0.15) is 21.6 Å². The Bertz CT molecular complexity index is 924. The average Bonchev–Trinajstić information content (AvgIpc) is 2.51. The summed E-state index contributed by atoms with van der Waals surface area (Å²) in [7, 11) is 0. The van der Waals surface area contributed by atoms with Gasteiger partial charge in [0.15, 0.2) is 0 Å². The molecule has 0 spiro atoms. The highest BCUT2D eigenvalue weighted by atomic mass is 35.5. The summed E-state index contributed by atoms with van der Waals surface area (Å²) in [5, 5.41) is 4.24. The third-order valence-corrected chi connectivity index (χ3v) is 4.04. The van der Waals surface area contributed by atoms with E-state index in [1.807, 2.05) is 19.9 Å². The molecule has 3 aromatic rings. The van der Waals surface area contributed by atoms with E-state index in [1.165, 1.54) is 18.2 Å². The number of pyridine rings is 1. The Labute approximate surface area is 138 Å². The van der Waals surface area contributed by atoms with E-state index in [2.05, 4.69) is 10.3 Å². The smallest absolute Gasteiger partial charge is 0.255 e. The number of hydrogen-bond donors (Lipinski definition) is 1. The lowest BCUT2D eigenvalue weighted by Crippen LogP contribution is -2.13. The van der Waals surface area contributed by atoms with E-state index in [0.717, 1.165) is 22.2 Å². The van der Waals surface area contributed by atoms with Crippen molar-refractivity contribution in [2.75, 3.05) is 5.32 Å². The molecule has 0 fully saturated rings. The van der Waals surface area contributed by atoms with Crippen molar-refractivity contribution in [1.82, 2.24) is 4.98 Å². The predicted molar refractivity (Wildman–Crippen MR) is 90.6 cm³/mol. The molecule has 0 aliphatic rings. The molecule has 3 rings (SSSR count). The van der Waals surface area contributed by atoms with E-state index < -0.39 is 5.82 Å². The molecule has 1 N–H and O–H groups in total. The maximum absolute atomic E-state index is 13.3. The van der Waals surface area contributed by atoms with E-state index in [4.69, 9.17) is 11.6 Å². The van der Waals surface area contributed by atoms with Gasteiger partial charge in [-0.15, -0.1) is 0 Å². The van der Waals surface area contributed by atoms with Gasteiger partial charge in [-0.05, 0) is 55.8 Å². The fraction of sp³-hybridized carbons (Fsp3) is 0.111. The van der Waals surface area contributed by atoms with Gasteiger partial charge in [0.2, 0.25) is 0 Å². The molecular weight excluding hydrogens is 315 g/mol. The van der Waals surface area contributed by atoms with Crippen molar-refractivity contribution in [3.05, 3.63) is 70.1 Å². The van der Waals surface area contributed by atoms with Gasteiger partial charge in [-0.1, -0.05) is 17.7 Å². The topological polar surface area (TPSA) is 42.0 Å². The third kappa shape index (κ3) is 3.03. The van der Waals surface area contributed by atoms with Crippen molar-refractivity contribution >= 4 is 34.1 Å². The minimum atomic E-state index is -0.448. The van der Waals surface area contributed by atoms with Crippen LogP contribution in [0.3, 0.4) is 0 Å². The van der Waals surface area contributed by atoms with Crippen molar-refractivity contribution in [2.45, 2.75) is 13.8 Å². The number of hydrogen-bond acceptors (Lipinski definition) is 2. The Morgan fingerprint density at radius 3 is 2.70 bits per heavy atom. The summed E-state index contributed by atoms with van der Waals surface area (Å²) in [5.74, 6) is -0.819. The molecule has 3 nitrogen and oxygen atoms in total. The highest BCUT2D eigenvalue weighted by molar-refractivity contribution is 6.32. The summed E-state index contributed by atoms with van der Waals surface area (Å²) in [5.41, 5.74) is 3.25. The Balaban J connectivity index is 2.06. The molecule has 0 aliphatic carbocycles. The molecule has 1 amide bonds. The number of carbonyl (C=O) groups excluding carboxylic acids is 1. The number of nitrogens with zero attached hydrogens (tertiary/aromatic N) is 1. The monoisotopic (exact) mass is 328 g/mol. The van der Waals surface area contributed by atoms with Crippen LogP contribution in [-0.4, -0.2) is 10.9 Å². The van der Waals surface area contributed by atoms with Gasteiger partial charge in [0.25, 0.3) is 5.91 Å². The molecule has 1 aromatic heterocycles. The molecule has 5 heteroatoms. The van der Waals surface area contributed by atoms with Gasteiger partial charge in [-0.2, -0.15) is 0 Å². The van der Waals surface area contributed by atoms with Crippen LogP contribution < -0.4 is 5.32 Å². The van der Waals surface area contributed by atoms with Crippen LogP contribution in [0.25, 0.3) is 10.9 Å². The molecule has 0 atom stereocenters. The van der Waals surface area contributed by atoms with E-state index >= 15 is 0 Å². The number of halogens is 2. The number of rotatable bonds is 2. The number of fused-ring (bicyclic) bond motifs is 1. The first-order valence-electron chi connectivity index (χ1n) is 7.09. The molecule has 0 saturated carbocycles. The number of anilines is 1. The first-order valence-corrected chi connectivity index (χ1v) is 7.47. The van der Waals surface area contributed by atoms with Crippen molar-refractivity contribution in [1.29, 1.82) is 0 Å². The Morgan fingerprint density at radius 1 is 1.17 bits per heavy atom. The van der Waals surface area contributed by atoms with Crippen LogP contribution in [-0.2, 0) is 0 Å². The van der Waals surface area contributed by atoms with Gasteiger partial charge < -0.3 is 5.32 Å². The first-order chi connectivity index (χ1) is 11.0. The summed E-state index contributed by atoms with van der Waals surface area (Å²) in [4.78, 5) is 16.8. The number of carbonyl (C=O) groups is 1. The fourth-order valence-electron chi connectivity index (χ4n) is 2.46. The molecule has 23 heavy (non-hydrogen) atoms. The highest BCUT2D eigenvalue weighted by Gasteiger charge is 2.12. The third-order valence-electron chi connectivity index (χ3n) is 3.63. The van der Waals surface area contributed by atoms with Crippen LogP contribution in [0.4, 0.5) is 10.1 Å². The fourth-order valence-corrected chi connectivity index (χ4v) is 2.61. The van der Waals surface area contributed by atoms with Gasteiger partial charge in [0, 0.05) is 21.7 Å². The molecule has 0 bridgehead atoms. The van der Waals surface area contributed by atoms with Crippen LogP contribution in [0.5, 0.6) is 0 Å². The Kier molecular flexibility index (Phi) is 4.01. The molecule has 116 valence electrons. The maximum Gasteiger partial charge on any atom is 0.255 e. The van der Waals surface area contributed by atoms with E-state index in [1.54, 1.807) is 18.2 Å². The number of aryl methyl sites for hydroxylation is 2. The van der Waals surface area contributed by atoms with Crippen molar-refractivity contribution < 1.29 is 9.18 Å². The minimum absolute atomic E-state index is 0.262. The van der Waals surface area contributed by atoms with Gasteiger partial charge >= 0.3 is 0 Å². The van der Waals surface area contributed by atoms with E-state index in [0.29, 0.717) is 10.7 Å². The lowest BCUT2D eigenvalue weighted by molar-refractivity contribution is 0.102. The molecule has 0 radical (unpaired) electrons. The predicted octanol–water partition coefficient (Wildman–Crippen LogP) is 4.90. The number of benzene rings is 2. The normalized spacial score (nSPS) is 10.8. The van der Waals surface area contributed by atoms with Crippen LogP contribution in [0.15, 0.2) is 42.5 Å². The highest BCUT2D eigenvalue weighted by Crippen LogP contribution is 2.30.